The molecule has 1 saturated heterocycles. The van der Waals surface area contributed by atoms with E-state index in [0.717, 1.165) is 17.8 Å². The van der Waals surface area contributed by atoms with Gasteiger partial charge in [-0.3, -0.25) is 9.69 Å². The third-order valence-electron chi connectivity index (χ3n) is 6.49. The summed E-state index contributed by atoms with van der Waals surface area (Å²) in [7, 11) is 0. The Labute approximate surface area is 180 Å². The minimum atomic E-state index is -0.839. The molecule has 2 aliphatic heterocycles. The van der Waals surface area contributed by atoms with E-state index in [9.17, 15) is 14.3 Å². The van der Waals surface area contributed by atoms with Crippen molar-refractivity contribution in [3.63, 3.8) is 0 Å². The van der Waals surface area contributed by atoms with Crippen LogP contribution in [0, 0.1) is 18.2 Å². The molecule has 0 aliphatic carbocycles. The Bertz CT molecular complexity index is 1010. The third-order valence-corrected chi connectivity index (χ3v) is 6.49. The Kier molecular flexibility index (Phi) is 5.91. The van der Waals surface area contributed by atoms with E-state index >= 15 is 0 Å². The van der Waals surface area contributed by atoms with Crippen LogP contribution in [-0.2, 0) is 16.2 Å². The van der Waals surface area contributed by atoms with Gasteiger partial charge in [-0.1, -0.05) is 23.9 Å². The van der Waals surface area contributed by atoms with Crippen LogP contribution in [0.4, 0.5) is 4.39 Å². The summed E-state index contributed by atoms with van der Waals surface area (Å²) in [5.41, 5.74) is 2.67. The van der Waals surface area contributed by atoms with E-state index in [1.165, 1.54) is 12.1 Å². The first-order chi connectivity index (χ1) is 14.9. The zero-order valence-electron chi connectivity index (χ0n) is 17.6. The number of rotatable bonds is 7. The normalized spacial score (nSPS) is 20.8. The summed E-state index contributed by atoms with van der Waals surface area (Å²) >= 11 is 0. The molecule has 0 bridgehead atoms. The molecule has 4 rings (SSSR count). The van der Waals surface area contributed by atoms with Gasteiger partial charge in [0.1, 0.15) is 11.9 Å². The lowest BCUT2D eigenvalue weighted by Gasteiger charge is -2.39. The molecule has 8 heteroatoms. The zero-order valence-corrected chi connectivity index (χ0v) is 17.6. The Morgan fingerprint density at radius 1 is 1.42 bits per heavy atom. The highest BCUT2D eigenvalue weighted by Crippen LogP contribution is 2.39. The van der Waals surface area contributed by atoms with Gasteiger partial charge in [-0.2, -0.15) is 5.10 Å². The molecule has 1 N–H and O–H groups in total. The Morgan fingerprint density at radius 3 is 2.84 bits per heavy atom. The summed E-state index contributed by atoms with van der Waals surface area (Å²) in [6.45, 7) is 7.87. The molecule has 164 valence electrons. The monoisotopic (exact) mass is 426 g/mol. The number of benzene rings is 1. The predicted octanol–water partition coefficient (Wildman–Crippen LogP) is 3.68. The number of carbonyl (C=O) groups is 1. The van der Waals surface area contributed by atoms with E-state index in [1.54, 1.807) is 23.0 Å². The van der Waals surface area contributed by atoms with Crippen molar-refractivity contribution in [2.45, 2.75) is 45.3 Å². The van der Waals surface area contributed by atoms with Gasteiger partial charge in [0.25, 0.3) is 0 Å². The van der Waals surface area contributed by atoms with Gasteiger partial charge in [-0.25, -0.2) is 9.07 Å². The number of carboxylic acids is 1. The maximum absolute atomic E-state index is 13.5. The number of piperidine rings is 1. The average molecular weight is 426 g/mol. The highest BCUT2D eigenvalue weighted by molar-refractivity contribution is 6.01. The van der Waals surface area contributed by atoms with Crippen molar-refractivity contribution >= 4 is 17.9 Å². The summed E-state index contributed by atoms with van der Waals surface area (Å²) in [6.07, 6.45) is 5.18. The lowest BCUT2D eigenvalue weighted by atomic mass is 9.73. The van der Waals surface area contributed by atoms with E-state index in [-0.39, 0.29) is 11.9 Å². The molecule has 0 saturated carbocycles. The molecule has 0 radical (unpaired) electrons. The van der Waals surface area contributed by atoms with E-state index < -0.39 is 11.4 Å². The Hall–Kier alpha value is -3.00. The molecule has 0 amide bonds. The van der Waals surface area contributed by atoms with Crippen LogP contribution in [0.5, 0.6) is 0 Å². The van der Waals surface area contributed by atoms with Crippen molar-refractivity contribution in [1.29, 1.82) is 0 Å². The minimum absolute atomic E-state index is 0.311. The fourth-order valence-corrected chi connectivity index (χ4v) is 4.50. The third kappa shape index (κ3) is 4.39. The maximum atomic E-state index is 13.5. The van der Waals surface area contributed by atoms with E-state index in [1.807, 2.05) is 13.1 Å². The molecular weight excluding hydrogens is 399 g/mol. The topological polar surface area (TPSA) is 80.0 Å². The first-order valence-corrected chi connectivity index (χ1v) is 10.5. The van der Waals surface area contributed by atoms with Crippen LogP contribution in [-0.4, -0.2) is 50.7 Å². The van der Waals surface area contributed by atoms with Gasteiger partial charge < -0.3 is 9.94 Å². The van der Waals surface area contributed by atoms with E-state index in [4.69, 9.17) is 4.84 Å². The van der Waals surface area contributed by atoms with Gasteiger partial charge in [-0.15, -0.1) is 0 Å². The second kappa shape index (κ2) is 8.63. The molecule has 2 aliphatic rings. The molecule has 7 nitrogen and oxygen atoms in total. The summed E-state index contributed by atoms with van der Waals surface area (Å²) in [4.78, 5) is 20.1. The van der Waals surface area contributed by atoms with Crippen LogP contribution < -0.4 is 0 Å². The number of hydrogen-bond donors (Lipinski definition) is 1. The van der Waals surface area contributed by atoms with Crippen LogP contribution in [0.25, 0.3) is 6.20 Å². The quantitative estimate of drug-likeness (QED) is 0.731. The molecule has 3 heterocycles. The van der Waals surface area contributed by atoms with Gasteiger partial charge in [-0.05, 0) is 45.0 Å². The Morgan fingerprint density at radius 2 is 2.19 bits per heavy atom. The van der Waals surface area contributed by atoms with E-state index in [2.05, 4.69) is 21.7 Å². The number of carboxylic acid groups (broad SMARTS) is 1. The number of nitrogens with zero attached hydrogens (tertiary/aromatic N) is 4. The number of aliphatic carboxylic acids is 1. The molecule has 0 spiro atoms. The smallest absolute Gasteiger partial charge is 0.309 e. The fourth-order valence-electron chi connectivity index (χ4n) is 4.50. The summed E-state index contributed by atoms with van der Waals surface area (Å²) < 4.78 is 15.3. The highest BCUT2D eigenvalue weighted by atomic mass is 19.1. The summed E-state index contributed by atoms with van der Waals surface area (Å²) in [5.74, 6) is -1.11. The second-order valence-electron chi connectivity index (χ2n) is 8.43. The zero-order chi connectivity index (χ0) is 22.0. The lowest BCUT2D eigenvalue weighted by molar-refractivity contribution is -0.155. The molecule has 31 heavy (non-hydrogen) atoms. The largest absolute Gasteiger partial charge is 0.481 e. The van der Waals surface area contributed by atoms with Crippen molar-refractivity contribution in [2.75, 3.05) is 13.1 Å². The average Bonchev–Trinajstić information content (AvgIpc) is 3.36. The molecule has 1 aromatic carbocycles. The number of aromatic nitrogens is 2. The predicted molar refractivity (Wildman–Crippen MR) is 115 cm³/mol. The molecule has 1 atom stereocenters. The van der Waals surface area contributed by atoms with Crippen molar-refractivity contribution < 1.29 is 19.1 Å². The van der Waals surface area contributed by atoms with E-state index in [0.29, 0.717) is 50.0 Å². The van der Waals surface area contributed by atoms with Crippen LogP contribution in [0.2, 0.25) is 0 Å². The molecule has 1 aromatic heterocycles. The second-order valence-corrected chi connectivity index (χ2v) is 8.43. The molecule has 2 aromatic rings. The number of halogens is 1. The van der Waals surface area contributed by atoms with Crippen molar-refractivity contribution in [1.82, 2.24) is 14.7 Å². The highest BCUT2D eigenvalue weighted by Gasteiger charge is 2.45. The van der Waals surface area contributed by atoms with Crippen LogP contribution in [0.1, 0.15) is 42.5 Å². The van der Waals surface area contributed by atoms with Crippen molar-refractivity contribution in [3.8, 4) is 0 Å². The number of likely N-dealkylation sites (tertiary alicyclic amines) is 1. The summed E-state index contributed by atoms with van der Waals surface area (Å²) in [6, 6.07) is 6.23. The number of hydrogen-bond acceptors (Lipinski definition) is 5. The SMILES string of the molecule is C=Cn1ncc(CN2CCC(C[C@@H]3CC(c4cccc(F)c4)=NO3)(C(=O)O)CC2)c1C. The van der Waals surface area contributed by atoms with Crippen LogP contribution >= 0.6 is 0 Å². The molecule has 1 fully saturated rings. The van der Waals surface area contributed by atoms with Crippen LogP contribution in [0.3, 0.4) is 0 Å². The standard InChI is InChI=1S/C23H27FN4O3/c1-3-28-16(2)18(14-25-28)15-27-9-7-23(8-10-27,22(29)30)13-20-12-21(26-31-20)17-5-4-6-19(24)11-17/h3-6,11,14,20H,1,7-10,12-13,15H2,2H3,(H,29,30)/t20-/m0/s1. The van der Waals surface area contributed by atoms with Crippen LogP contribution in [0.15, 0.2) is 42.2 Å². The maximum Gasteiger partial charge on any atom is 0.309 e. The number of oxime groups is 1. The van der Waals surface area contributed by atoms with Crippen molar-refractivity contribution in [3.05, 3.63) is 59.7 Å². The molecular formula is C23H27FN4O3. The van der Waals surface area contributed by atoms with Gasteiger partial charge in [0.2, 0.25) is 0 Å². The van der Waals surface area contributed by atoms with Gasteiger partial charge >= 0.3 is 5.97 Å². The lowest BCUT2D eigenvalue weighted by Crippen LogP contribution is -2.45. The van der Waals surface area contributed by atoms with Gasteiger partial charge in [0, 0.05) is 42.4 Å². The Balaban J connectivity index is 1.37. The molecule has 0 unspecified atom stereocenters. The van der Waals surface area contributed by atoms with Gasteiger partial charge in [0.15, 0.2) is 0 Å². The first kappa shape index (κ1) is 21.2. The summed E-state index contributed by atoms with van der Waals surface area (Å²) in [5, 5.41) is 18.4. The fraction of sp³-hybridized carbons (Fsp3) is 0.435. The van der Waals surface area contributed by atoms with Gasteiger partial charge in [0.05, 0.1) is 17.3 Å². The van der Waals surface area contributed by atoms with Crippen molar-refractivity contribution in [2.24, 2.45) is 10.6 Å². The minimum Gasteiger partial charge on any atom is -0.481 e. The first-order valence-electron chi connectivity index (χ1n) is 10.5.